The molecule has 0 spiro atoms. The smallest absolute Gasteiger partial charge is 0.264 e. The number of likely N-dealkylation sites (tertiary alicyclic amines) is 1. The number of amides is 1. The zero-order chi connectivity index (χ0) is 25.5. The second-order valence-corrected chi connectivity index (χ2v) is 9.46. The molecular weight excluding hydrogens is 454 g/mol. The van der Waals surface area contributed by atoms with Crippen molar-refractivity contribution in [2.45, 2.75) is 58.2 Å². The maximum absolute atomic E-state index is 13.5. The van der Waals surface area contributed by atoms with Gasteiger partial charge in [0.2, 0.25) is 5.91 Å². The van der Waals surface area contributed by atoms with Crippen LogP contribution in [0.3, 0.4) is 0 Å². The van der Waals surface area contributed by atoms with Gasteiger partial charge in [0.05, 0.1) is 16.9 Å². The lowest BCUT2D eigenvalue weighted by Gasteiger charge is -2.26. The van der Waals surface area contributed by atoms with Crippen LogP contribution >= 0.6 is 0 Å². The zero-order valence-corrected chi connectivity index (χ0v) is 21.1. The SMILES string of the molecule is CNC(=O)CCC(C=O)n1c(C)nc2cccc(NCc3ccc(CN4CCCCC4)cc3)c2c1=O. The number of nitrogens with one attached hydrogen (secondary N) is 2. The number of fused-ring (bicyclic) bond motifs is 1. The van der Waals surface area contributed by atoms with Crippen LogP contribution in [0.5, 0.6) is 0 Å². The minimum Gasteiger partial charge on any atom is -0.380 e. The number of hydrogen-bond acceptors (Lipinski definition) is 6. The van der Waals surface area contributed by atoms with Crippen LogP contribution in [0.15, 0.2) is 47.3 Å². The molecule has 190 valence electrons. The van der Waals surface area contributed by atoms with Gasteiger partial charge in [0.15, 0.2) is 0 Å². The molecule has 1 amide bonds. The second kappa shape index (κ2) is 11.9. The van der Waals surface area contributed by atoms with Gasteiger partial charge in [0.25, 0.3) is 5.56 Å². The van der Waals surface area contributed by atoms with Crippen LogP contribution in [0.4, 0.5) is 5.69 Å². The molecule has 1 aliphatic heterocycles. The van der Waals surface area contributed by atoms with Gasteiger partial charge in [-0.3, -0.25) is 19.1 Å². The second-order valence-electron chi connectivity index (χ2n) is 9.46. The fourth-order valence-corrected chi connectivity index (χ4v) is 4.89. The summed E-state index contributed by atoms with van der Waals surface area (Å²) >= 11 is 0. The van der Waals surface area contributed by atoms with Crippen molar-refractivity contribution in [3.8, 4) is 0 Å². The molecule has 2 N–H and O–H groups in total. The summed E-state index contributed by atoms with van der Waals surface area (Å²) in [6.07, 6.45) is 5.00. The third kappa shape index (κ3) is 5.99. The van der Waals surface area contributed by atoms with Gasteiger partial charge in [0, 0.05) is 32.2 Å². The predicted molar refractivity (Wildman–Crippen MR) is 142 cm³/mol. The van der Waals surface area contributed by atoms with Gasteiger partial charge >= 0.3 is 0 Å². The Bertz CT molecular complexity index is 1260. The van der Waals surface area contributed by atoms with Crippen LogP contribution in [-0.2, 0) is 22.7 Å². The Kier molecular flexibility index (Phi) is 8.48. The summed E-state index contributed by atoms with van der Waals surface area (Å²) < 4.78 is 1.40. The molecule has 0 saturated carbocycles. The Morgan fingerprint density at radius 3 is 2.50 bits per heavy atom. The van der Waals surface area contributed by atoms with Crippen molar-refractivity contribution in [1.82, 2.24) is 19.8 Å². The van der Waals surface area contributed by atoms with Gasteiger partial charge in [-0.2, -0.15) is 0 Å². The minimum atomic E-state index is -0.757. The number of rotatable bonds is 10. The number of carbonyl (C=O) groups excluding carboxylic acids is 2. The topological polar surface area (TPSA) is 96.3 Å². The van der Waals surface area contributed by atoms with Gasteiger partial charge in [-0.25, -0.2) is 4.98 Å². The van der Waals surface area contributed by atoms with E-state index in [0.29, 0.717) is 35.2 Å². The maximum Gasteiger partial charge on any atom is 0.264 e. The monoisotopic (exact) mass is 489 g/mol. The summed E-state index contributed by atoms with van der Waals surface area (Å²) in [4.78, 5) is 44.2. The molecule has 8 heteroatoms. The van der Waals surface area contributed by atoms with E-state index in [2.05, 4.69) is 44.8 Å². The number of hydrogen-bond donors (Lipinski definition) is 2. The molecule has 1 fully saturated rings. The van der Waals surface area contributed by atoms with E-state index >= 15 is 0 Å². The number of carbonyl (C=O) groups is 2. The number of nitrogens with zero attached hydrogens (tertiary/aromatic N) is 3. The summed E-state index contributed by atoms with van der Waals surface area (Å²) in [5.41, 5.74) is 3.39. The standard InChI is InChI=1S/C28H35N5O3/c1-20-31-25-8-6-7-24(27(25)28(36)33(20)23(19-34)13-14-26(35)29-2)30-17-21-9-11-22(12-10-21)18-32-15-4-3-5-16-32/h6-12,19,23,30H,3-5,13-18H2,1-2H3,(H,29,35). The number of aromatic nitrogens is 2. The van der Waals surface area contributed by atoms with Gasteiger partial charge in [-0.05, 0) is 62.5 Å². The first-order valence-corrected chi connectivity index (χ1v) is 12.7. The average molecular weight is 490 g/mol. The fraction of sp³-hybridized carbons (Fsp3) is 0.429. The molecule has 8 nitrogen and oxygen atoms in total. The normalized spacial score (nSPS) is 14.9. The first kappa shape index (κ1) is 25.6. The van der Waals surface area contributed by atoms with E-state index in [1.54, 1.807) is 20.0 Å². The van der Waals surface area contributed by atoms with Crippen molar-refractivity contribution in [2.24, 2.45) is 0 Å². The van der Waals surface area contributed by atoms with Crippen molar-refractivity contribution in [3.63, 3.8) is 0 Å². The summed E-state index contributed by atoms with van der Waals surface area (Å²) in [6, 6.07) is 13.4. The molecule has 1 saturated heterocycles. The van der Waals surface area contributed by atoms with Crippen LogP contribution in [0.25, 0.3) is 10.9 Å². The third-order valence-electron chi connectivity index (χ3n) is 6.90. The fourth-order valence-electron chi connectivity index (χ4n) is 4.89. The van der Waals surface area contributed by atoms with Crippen LogP contribution in [-0.4, -0.2) is 46.8 Å². The molecule has 1 atom stereocenters. The summed E-state index contributed by atoms with van der Waals surface area (Å²) in [5.74, 6) is 0.272. The predicted octanol–water partition coefficient (Wildman–Crippen LogP) is 3.57. The first-order chi connectivity index (χ1) is 17.5. The third-order valence-corrected chi connectivity index (χ3v) is 6.90. The first-order valence-electron chi connectivity index (χ1n) is 12.7. The van der Waals surface area contributed by atoms with E-state index < -0.39 is 6.04 Å². The van der Waals surface area contributed by atoms with Crippen LogP contribution in [0.2, 0.25) is 0 Å². The molecule has 1 aliphatic rings. The number of anilines is 1. The Hall–Kier alpha value is -3.52. The van der Waals surface area contributed by atoms with Crippen LogP contribution < -0.4 is 16.2 Å². The molecule has 2 aromatic carbocycles. The maximum atomic E-state index is 13.5. The lowest BCUT2D eigenvalue weighted by Crippen LogP contribution is -2.30. The van der Waals surface area contributed by atoms with Crippen LogP contribution in [0, 0.1) is 6.92 Å². The summed E-state index contributed by atoms with van der Waals surface area (Å²) in [6.45, 7) is 5.60. The summed E-state index contributed by atoms with van der Waals surface area (Å²) in [5, 5.41) is 6.38. The van der Waals surface area contributed by atoms with Gasteiger partial charge in [-0.1, -0.05) is 36.8 Å². The Morgan fingerprint density at radius 1 is 1.08 bits per heavy atom. The minimum absolute atomic E-state index is 0.150. The molecule has 0 radical (unpaired) electrons. The lowest BCUT2D eigenvalue weighted by molar-refractivity contribution is -0.121. The van der Waals surface area contributed by atoms with Gasteiger partial charge in [0.1, 0.15) is 12.1 Å². The lowest BCUT2D eigenvalue weighted by atomic mass is 10.1. The zero-order valence-electron chi connectivity index (χ0n) is 21.1. The molecule has 0 aliphatic carbocycles. The molecule has 4 rings (SSSR count). The number of aldehydes is 1. The van der Waals surface area contributed by atoms with E-state index in [9.17, 15) is 14.4 Å². The quantitative estimate of drug-likeness (QED) is 0.423. The van der Waals surface area contributed by atoms with Gasteiger partial charge in [-0.15, -0.1) is 0 Å². The van der Waals surface area contributed by atoms with Crippen molar-refractivity contribution >= 4 is 28.8 Å². The molecule has 3 aromatic rings. The number of piperidine rings is 1. The molecule has 2 heterocycles. The van der Waals surface area contributed by atoms with Crippen molar-refractivity contribution in [2.75, 3.05) is 25.5 Å². The van der Waals surface area contributed by atoms with Gasteiger partial charge < -0.3 is 15.4 Å². The molecular formula is C28H35N5O3. The number of benzene rings is 2. The van der Waals surface area contributed by atoms with E-state index in [0.717, 1.165) is 12.1 Å². The Morgan fingerprint density at radius 2 is 1.81 bits per heavy atom. The summed E-state index contributed by atoms with van der Waals surface area (Å²) in [7, 11) is 1.55. The molecule has 0 bridgehead atoms. The van der Waals surface area contributed by atoms with Crippen molar-refractivity contribution in [1.29, 1.82) is 0 Å². The van der Waals surface area contributed by atoms with Crippen LogP contribution in [0.1, 0.15) is 55.1 Å². The van der Waals surface area contributed by atoms with E-state index in [1.165, 1.54) is 42.5 Å². The molecule has 36 heavy (non-hydrogen) atoms. The number of aryl methyl sites for hydroxylation is 1. The van der Waals surface area contributed by atoms with E-state index in [-0.39, 0.29) is 24.3 Å². The van der Waals surface area contributed by atoms with Crippen molar-refractivity contribution in [3.05, 3.63) is 69.8 Å². The van der Waals surface area contributed by atoms with E-state index in [1.807, 2.05) is 12.1 Å². The highest BCUT2D eigenvalue weighted by molar-refractivity contribution is 5.90. The Balaban J connectivity index is 1.53. The van der Waals surface area contributed by atoms with E-state index in [4.69, 9.17) is 0 Å². The largest absolute Gasteiger partial charge is 0.380 e. The average Bonchev–Trinajstić information content (AvgIpc) is 2.90. The Labute approximate surface area is 211 Å². The van der Waals surface area contributed by atoms with Crippen molar-refractivity contribution < 1.29 is 9.59 Å². The molecule has 1 aromatic heterocycles. The highest BCUT2D eigenvalue weighted by atomic mass is 16.2. The highest BCUT2D eigenvalue weighted by Crippen LogP contribution is 2.22. The highest BCUT2D eigenvalue weighted by Gasteiger charge is 2.19. The molecule has 1 unspecified atom stereocenters.